The van der Waals surface area contributed by atoms with Gasteiger partial charge in [0.05, 0.1) is 24.6 Å². The number of nitrogens with one attached hydrogen (secondary N) is 1. The third-order valence-electron chi connectivity index (χ3n) is 4.25. The van der Waals surface area contributed by atoms with Crippen LogP contribution in [0.3, 0.4) is 0 Å². The maximum absolute atomic E-state index is 11.8. The first-order valence-corrected chi connectivity index (χ1v) is 7.78. The number of pyridine rings is 1. The second-order valence-electron chi connectivity index (χ2n) is 5.99. The van der Waals surface area contributed by atoms with Crippen LogP contribution in [0.25, 0.3) is 0 Å². The average molecular weight is 339 g/mol. The Labute approximate surface area is 138 Å². The Morgan fingerprint density at radius 1 is 1.25 bits per heavy atom. The highest BCUT2D eigenvalue weighted by molar-refractivity contribution is 5.92. The molecule has 1 spiro atoms. The summed E-state index contributed by atoms with van der Waals surface area (Å²) in [6.07, 6.45) is -1.75. The summed E-state index contributed by atoms with van der Waals surface area (Å²) in [5.41, 5.74) is 1.50. The van der Waals surface area contributed by atoms with Crippen molar-refractivity contribution in [2.75, 3.05) is 31.2 Å². The number of carbonyl (C=O) groups is 1. The summed E-state index contributed by atoms with van der Waals surface area (Å²) < 4.78 is 11.4. The summed E-state index contributed by atoms with van der Waals surface area (Å²) >= 11 is 0. The van der Waals surface area contributed by atoms with Crippen LogP contribution in [0.5, 0.6) is 0 Å². The quantitative estimate of drug-likeness (QED) is 0.520. The molecule has 24 heavy (non-hydrogen) atoms. The molecule has 3 heterocycles. The maximum atomic E-state index is 11.8. The zero-order valence-electron chi connectivity index (χ0n) is 13.4. The average Bonchev–Trinajstić information content (AvgIpc) is 2.95. The number of aryl methyl sites for hydroxylation is 1. The smallest absolute Gasteiger partial charge is 0.369 e. The van der Waals surface area contributed by atoms with E-state index in [1.165, 1.54) is 6.07 Å². The molecule has 0 radical (unpaired) electrons. The number of rotatable bonds is 3. The van der Waals surface area contributed by atoms with E-state index in [0.717, 1.165) is 31.6 Å². The SMILES string of the molecule is Cc1nc(C(=O)NC(O)(O)O)ccc1N1CCC2(CC1)OCCO2. The van der Waals surface area contributed by atoms with Crippen LogP contribution >= 0.6 is 0 Å². The van der Waals surface area contributed by atoms with E-state index in [1.807, 2.05) is 0 Å². The van der Waals surface area contributed by atoms with Gasteiger partial charge in [-0.3, -0.25) is 10.1 Å². The molecule has 9 nitrogen and oxygen atoms in total. The van der Waals surface area contributed by atoms with Gasteiger partial charge in [-0.1, -0.05) is 0 Å². The van der Waals surface area contributed by atoms with E-state index in [0.29, 0.717) is 18.9 Å². The van der Waals surface area contributed by atoms with Gasteiger partial charge in [-0.05, 0) is 19.1 Å². The monoisotopic (exact) mass is 339 g/mol. The minimum atomic E-state index is -3.27. The maximum Gasteiger partial charge on any atom is 0.369 e. The largest absolute Gasteiger partial charge is 0.370 e. The number of aliphatic hydroxyl groups is 3. The fourth-order valence-electron chi connectivity index (χ4n) is 3.10. The van der Waals surface area contributed by atoms with Crippen LogP contribution < -0.4 is 10.2 Å². The van der Waals surface area contributed by atoms with Crippen LogP contribution in [0.4, 0.5) is 5.69 Å². The number of piperidine rings is 1. The lowest BCUT2D eigenvalue weighted by atomic mass is 10.0. The van der Waals surface area contributed by atoms with Crippen molar-refractivity contribution in [3.8, 4) is 0 Å². The molecule has 2 saturated heterocycles. The van der Waals surface area contributed by atoms with Gasteiger partial charge in [-0.2, -0.15) is 0 Å². The van der Waals surface area contributed by atoms with Crippen LogP contribution in [0, 0.1) is 6.92 Å². The summed E-state index contributed by atoms with van der Waals surface area (Å²) in [4.78, 5) is 18.1. The number of carbonyl (C=O) groups excluding carboxylic acids is 1. The molecule has 0 atom stereocenters. The highest BCUT2D eigenvalue weighted by Crippen LogP contribution is 2.33. The van der Waals surface area contributed by atoms with E-state index < -0.39 is 17.8 Å². The zero-order valence-corrected chi connectivity index (χ0v) is 13.4. The van der Waals surface area contributed by atoms with Crippen molar-refractivity contribution in [1.82, 2.24) is 10.3 Å². The number of ether oxygens (including phenoxy) is 2. The molecule has 2 aliphatic rings. The molecule has 132 valence electrons. The van der Waals surface area contributed by atoms with Crippen LogP contribution in [0.15, 0.2) is 12.1 Å². The molecule has 1 aromatic rings. The normalized spacial score (nSPS) is 20.4. The molecular weight excluding hydrogens is 318 g/mol. The molecular formula is C15H21N3O6. The summed E-state index contributed by atoms with van der Waals surface area (Å²) in [7, 11) is 0. The summed E-state index contributed by atoms with van der Waals surface area (Å²) in [5.74, 6) is -1.34. The summed E-state index contributed by atoms with van der Waals surface area (Å²) in [6, 6.07) is 3.22. The minimum absolute atomic E-state index is 0.0197. The molecule has 0 aromatic carbocycles. The number of aromatic nitrogens is 1. The Bertz CT molecular complexity index is 614. The van der Waals surface area contributed by atoms with Gasteiger partial charge < -0.3 is 29.7 Å². The molecule has 3 rings (SSSR count). The molecule has 1 amide bonds. The van der Waals surface area contributed by atoms with Crippen molar-refractivity contribution in [3.63, 3.8) is 0 Å². The van der Waals surface area contributed by atoms with E-state index in [9.17, 15) is 4.79 Å². The Balaban J connectivity index is 1.68. The lowest BCUT2D eigenvalue weighted by Crippen LogP contribution is -2.48. The predicted octanol–water partition coefficient (Wildman–Crippen LogP) is -0.949. The van der Waals surface area contributed by atoms with Gasteiger partial charge in [0.1, 0.15) is 5.69 Å². The summed E-state index contributed by atoms with van der Waals surface area (Å²) in [5, 5.41) is 28.0. The molecule has 4 N–H and O–H groups in total. The number of hydrogen-bond donors (Lipinski definition) is 4. The molecule has 1 aromatic heterocycles. The van der Waals surface area contributed by atoms with Crippen LogP contribution in [0.2, 0.25) is 0 Å². The molecule has 0 aliphatic carbocycles. The topological polar surface area (TPSA) is 124 Å². The Morgan fingerprint density at radius 3 is 2.42 bits per heavy atom. The fourth-order valence-corrected chi connectivity index (χ4v) is 3.10. The Morgan fingerprint density at radius 2 is 1.88 bits per heavy atom. The van der Waals surface area contributed by atoms with Crippen LogP contribution in [-0.4, -0.2) is 64.4 Å². The van der Waals surface area contributed by atoms with Crippen molar-refractivity contribution in [2.45, 2.75) is 31.6 Å². The van der Waals surface area contributed by atoms with Crippen LogP contribution in [0.1, 0.15) is 29.0 Å². The first kappa shape index (κ1) is 17.1. The van der Waals surface area contributed by atoms with Gasteiger partial charge in [-0.15, -0.1) is 0 Å². The number of hydrogen-bond acceptors (Lipinski definition) is 8. The van der Waals surface area contributed by atoms with Gasteiger partial charge in [0.15, 0.2) is 5.79 Å². The van der Waals surface area contributed by atoms with Crippen molar-refractivity contribution in [1.29, 1.82) is 0 Å². The van der Waals surface area contributed by atoms with E-state index in [4.69, 9.17) is 24.8 Å². The van der Waals surface area contributed by atoms with Gasteiger partial charge in [0.2, 0.25) is 0 Å². The molecule has 9 heteroatoms. The molecule has 2 fully saturated rings. The standard InChI is InChI=1S/C15H21N3O6/c1-10-12(3-2-11(16-10)13(19)17-15(20,21)22)18-6-4-14(5-7-18)23-8-9-24-14/h2-3,20-22H,4-9H2,1H3,(H,17,19). The van der Waals surface area contributed by atoms with Gasteiger partial charge in [0, 0.05) is 25.9 Å². The fraction of sp³-hybridized carbons (Fsp3) is 0.600. The second-order valence-corrected chi connectivity index (χ2v) is 5.99. The van der Waals surface area contributed by atoms with E-state index in [1.54, 1.807) is 18.3 Å². The van der Waals surface area contributed by atoms with Crippen molar-refractivity contribution >= 4 is 11.6 Å². The molecule has 0 saturated carbocycles. The molecule has 2 aliphatic heterocycles. The molecule has 0 unspecified atom stereocenters. The van der Waals surface area contributed by atoms with E-state index >= 15 is 0 Å². The molecule has 0 bridgehead atoms. The first-order chi connectivity index (χ1) is 11.3. The van der Waals surface area contributed by atoms with Gasteiger partial charge in [0.25, 0.3) is 5.91 Å². The van der Waals surface area contributed by atoms with Crippen molar-refractivity contribution < 1.29 is 29.6 Å². The van der Waals surface area contributed by atoms with Crippen molar-refractivity contribution in [3.05, 3.63) is 23.5 Å². The predicted molar refractivity (Wildman–Crippen MR) is 81.9 cm³/mol. The Kier molecular flexibility index (Phi) is 4.45. The number of amides is 1. The van der Waals surface area contributed by atoms with Gasteiger partial charge >= 0.3 is 6.10 Å². The summed E-state index contributed by atoms with van der Waals surface area (Å²) in [6.45, 7) is 4.53. The number of anilines is 1. The lowest BCUT2D eigenvalue weighted by molar-refractivity contribution is -0.323. The van der Waals surface area contributed by atoms with Gasteiger partial charge in [-0.25, -0.2) is 4.98 Å². The highest BCUT2D eigenvalue weighted by atomic mass is 16.7. The van der Waals surface area contributed by atoms with Crippen LogP contribution in [-0.2, 0) is 9.47 Å². The Hall–Kier alpha value is -1.78. The van der Waals surface area contributed by atoms with E-state index in [-0.39, 0.29) is 5.69 Å². The second kappa shape index (κ2) is 6.26. The van der Waals surface area contributed by atoms with E-state index in [2.05, 4.69) is 9.88 Å². The zero-order chi connectivity index (χ0) is 17.4. The highest BCUT2D eigenvalue weighted by Gasteiger charge is 2.40. The third-order valence-corrected chi connectivity index (χ3v) is 4.25. The minimum Gasteiger partial charge on any atom is -0.370 e. The first-order valence-electron chi connectivity index (χ1n) is 7.78. The third kappa shape index (κ3) is 3.65. The van der Waals surface area contributed by atoms with Crippen molar-refractivity contribution in [2.24, 2.45) is 0 Å². The lowest BCUT2D eigenvalue weighted by Gasteiger charge is -2.39. The number of nitrogens with zero attached hydrogens (tertiary/aromatic N) is 2.